The van der Waals surface area contributed by atoms with Crippen molar-refractivity contribution in [2.24, 2.45) is 29.6 Å². The topological polar surface area (TPSA) is 245 Å². The molecule has 2 fully saturated rings. The van der Waals surface area contributed by atoms with Crippen molar-refractivity contribution in [1.82, 2.24) is 45.3 Å². The van der Waals surface area contributed by atoms with Gasteiger partial charge in [-0.3, -0.25) is 43.2 Å². The number of rotatable bonds is 12. The van der Waals surface area contributed by atoms with Gasteiger partial charge >= 0.3 is 5.97 Å². The fraction of sp³-hybridized carbons (Fsp3) is 0.719. The van der Waals surface area contributed by atoms with E-state index < -0.39 is 150 Å². The number of likely N-dealkylation sites (N-methyl/N-ethyl adjacent to an activating group) is 5. The van der Waals surface area contributed by atoms with Gasteiger partial charge in [0.2, 0.25) is 47.3 Å². The Kier molecular flexibility index (Phi) is 26.0. The smallest absolute Gasteiger partial charge is 0.329 e. The molecule has 2 aliphatic rings. The maximum Gasteiger partial charge on any atom is 0.329 e. The Morgan fingerprint density at radius 2 is 1.15 bits per heavy atom. The number of nitrogens with zero attached hydrogens (tertiary/aromatic N) is 6. The third-order valence-corrected chi connectivity index (χ3v) is 16.0. The minimum atomic E-state index is -1.45. The van der Waals surface area contributed by atoms with Crippen LogP contribution in [0.4, 0.5) is 0 Å². The van der Waals surface area contributed by atoms with Gasteiger partial charge in [-0.15, -0.1) is 11.6 Å². The summed E-state index contributed by atoms with van der Waals surface area (Å²) in [7, 11) is 8.74. The predicted octanol–water partition coefficient (Wildman–Crippen LogP) is 3.47. The fourth-order valence-electron chi connectivity index (χ4n) is 10.7. The maximum absolute atomic E-state index is 14.9. The maximum atomic E-state index is 14.9. The summed E-state index contributed by atoms with van der Waals surface area (Å²) in [6.07, 6.45) is 0.672. The van der Waals surface area contributed by atoms with Gasteiger partial charge < -0.3 is 54.8 Å². The summed E-state index contributed by atoms with van der Waals surface area (Å²) in [5, 5.41) is 8.35. The van der Waals surface area contributed by atoms with Gasteiger partial charge in [0.15, 0.2) is 6.10 Å². The molecule has 0 saturated carbocycles. The van der Waals surface area contributed by atoms with Gasteiger partial charge in [0, 0.05) is 54.1 Å². The molecule has 2 unspecified atom stereocenters. The lowest BCUT2D eigenvalue weighted by molar-refractivity contribution is -0.165. The number of carbonyl (C=O) groups excluding carboxylic acids is 10. The summed E-state index contributed by atoms with van der Waals surface area (Å²) >= 11 is 6.34. The average Bonchev–Trinajstić information content (AvgIpc) is 3.41. The number of alkyl halides is 1. The Balaban J connectivity index is 2.26. The Morgan fingerprint density at radius 3 is 1.68 bits per heavy atom. The molecule has 21 nitrogen and oxygen atoms in total. The molecule has 0 aromatic heterocycles. The van der Waals surface area contributed by atoms with Gasteiger partial charge in [-0.25, -0.2) is 4.79 Å². The molecule has 2 aliphatic heterocycles. The highest BCUT2D eigenvalue weighted by molar-refractivity contribution is 6.18. The summed E-state index contributed by atoms with van der Waals surface area (Å²) < 4.78 is 11.2. The highest BCUT2D eigenvalue weighted by Gasteiger charge is 2.45. The number of cyclic esters (lactones) is 1. The molecule has 3 N–H and O–H groups in total. The van der Waals surface area contributed by atoms with Crippen LogP contribution in [-0.4, -0.2) is 204 Å². The van der Waals surface area contributed by atoms with Gasteiger partial charge in [-0.1, -0.05) is 94.2 Å². The van der Waals surface area contributed by atoms with E-state index in [0.717, 1.165) is 0 Å². The summed E-state index contributed by atoms with van der Waals surface area (Å²) in [4.78, 5) is 153. The fourth-order valence-corrected chi connectivity index (χ4v) is 10.9. The monoisotopic (exact) mass is 1130 g/mol. The zero-order valence-corrected chi connectivity index (χ0v) is 50.7. The number of carbonyl (C=O) groups is 10. The van der Waals surface area contributed by atoms with E-state index >= 15 is 0 Å². The second kappa shape index (κ2) is 30.6. The summed E-state index contributed by atoms with van der Waals surface area (Å²) in [5.41, 5.74) is 0.598. The number of hydrogen-bond acceptors (Lipinski definition) is 12. The first-order chi connectivity index (χ1) is 37.0. The molecule has 11 atom stereocenters. The number of fused-ring (bicyclic) bond motifs is 1. The summed E-state index contributed by atoms with van der Waals surface area (Å²) in [6.45, 7) is 18.6. The quantitative estimate of drug-likeness (QED) is 0.201. The Morgan fingerprint density at radius 1 is 0.620 bits per heavy atom. The molecule has 79 heavy (non-hydrogen) atoms. The molecule has 0 aliphatic carbocycles. The molecule has 2 saturated heterocycles. The SMILES string of the molecule is CCC(C)[C@H]1C(=O)NCC(=O)N(C)[C@@H](C(C)C)C(=O)N[C@@H](Cc2ccc(OC)cc2)C(=O)O[C@H](C)C(=O)N2CCCC[C@H]2C(=O)N(C)[C@@H](C(C)C)C(=O)N[C@@H](C(C)C)C(=O)N(C)[C@@H](CCCl)C(=O)N(C)[C@@H](C(C)CC)C(=O)N1C. The van der Waals surface area contributed by atoms with E-state index in [0.29, 0.717) is 37.0 Å². The second-order valence-electron chi connectivity index (χ2n) is 22.5. The van der Waals surface area contributed by atoms with Gasteiger partial charge in [-0.2, -0.15) is 0 Å². The first-order valence-electron chi connectivity index (χ1n) is 27.9. The third kappa shape index (κ3) is 16.8. The lowest BCUT2D eigenvalue weighted by Crippen LogP contribution is -2.63. The van der Waals surface area contributed by atoms with Crippen molar-refractivity contribution in [3.05, 3.63) is 29.8 Å². The van der Waals surface area contributed by atoms with Crippen molar-refractivity contribution < 1.29 is 57.4 Å². The van der Waals surface area contributed by atoms with Crippen LogP contribution in [-0.2, 0) is 59.1 Å². The van der Waals surface area contributed by atoms with E-state index in [1.165, 1.54) is 78.7 Å². The van der Waals surface area contributed by atoms with Gasteiger partial charge in [-0.05, 0) is 79.9 Å². The molecule has 1 aromatic carbocycles. The Hall–Kier alpha value is -5.99. The molecule has 3 rings (SSSR count). The van der Waals surface area contributed by atoms with Crippen LogP contribution in [0.2, 0.25) is 0 Å². The van der Waals surface area contributed by atoms with Crippen LogP contribution in [0.1, 0.15) is 120 Å². The van der Waals surface area contributed by atoms with E-state index in [1.807, 2.05) is 13.8 Å². The van der Waals surface area contributed by atoms with Crippen LogP contribution in [0.15, 0.2) is 24.3 Å². The highest BCUT2D eigenvalue weighted by atomic mass is 35.5. The van der Waals surface area contributed by atoms with E-state index in [1.54, 1.807) is 79.7 Å². The van der Waals surface area contributed by atoms with Crippen LogP contribution in [0.25, 0.3) is 0 Å². The number of esters is 1. The molecule has 0 spiro atoms. The van der Waals surface area contributed by atoms with Gasteiger partial charge in [0.1, 0.15) is 54.1 Å². The van der Waals surface area contributed by atoms with Gasteiger partial charge in [0.05, 0.1) is 13.7 Å². The van der Waals surface area contributed by atoms with Crippen LogP contribution in [0, 0.1) is 29.6 Å². The number of methoxy groups -OCH3 is 1. The van der Waals surface area contributed by atoms with Crippen molar-refractivity contribution in [3.63, 3.8) is 0 Å². The van der Waals surface area contributed by atoms with Crippen molar-refractivity contribution in [3.8, 4) is 5.75 Å². The lowest BCUT2D eigenvalue weighted by Gasteiger charge is -2.41. The largest absolute Gasteiger partial charge is 0.497 e. The third-order valence-electron chi connectivity index (χ3n) is 15.8. The molecule has 444 valence electrons. The van der Waals surface area contributed by atoms with E-state index in [-0.39, 0.29) is 31.7 Å². The molecule has 1 aromatic rings. The summed E-state index contributed by atoms with van der Waals surface area (Å²) in [6, 6.07) is -2.65. The summed E-state index contributed by atoms with van der Waals surface area (Å²) in [5.74, 6) is -8.62. The molecule has 0 radical (unpaired) electrons. The second-order valence-corrected chi connectivity index (χ2v) is 22.9. The Bertz CT molecular complexity index is 2300. The van der Waals surface area contributed by atoms with E-state index in [4.69, 9.17) is 21.1 Å². The number of nitrogens with one attached hydrogen (secondary N) is 3. The van der Waals surface area contributed by atoms with Crippen LogP contribution < -0.4 is 20.7 Å². The first kappa shape index (κ1) is 67.3. The van der Waals surface area contributed by atoms with Crippen molar-refractivity contribution >= 4 is 70.7 Å². The Labute approximate surface area is 473 Å². The highest BCUT2D eigenvalue weighted by Crippen LogP contribution is 2.26. The van der Waals surface area contributed by atoms with Crippen LogP contribution in [0.5, 0.6) is 5.75 Å². The molecule has 22 heteroatoms. The molecule has 9 amide bonds. The van der Waals surface area contributed by atoms with Crippen molar-refractivity contribution in [1.29, 1.82) is 0 Å². The predicted molar refractivity (Wildman–Crippen MR) is 300 cm³/mol. The average molecular weight is 1130 g/mol. The first-order valence-corrected chi connectivity index (χ1v) is 28.5. The lowest BCUT2D eigenvalue weighted by atomic mass is 9.92. The normalized spacial score (nSPS) is 27.0. The molecular weight excluding hydrogens is 1040 g/mol. The van der Waals surface area contributed by atoms with Crippen molar-refractivity contribution in [2.45, 2.75) is 176 Å². The zero-order chi connectivity index (χ0) is 59.9. The number of benzene rings is 1. The molecule has 2 heterocycles. The number of amides is 9. The van der Waals surface area contributed by atoms with Crippen LogP contribution >= 0.6 is 11.6 Å². The number of ether oxygens (including phenoxy) is 2. The number of halogens is 1. The van der Waals surface area contributed by atoms with Gasteiger partial charge in [0.25, 0.3) is 5.91 Å². The standard InChI is InChI=1S/C57H92ClN9O12/c1-18-35(9)47-49(69)59-31-43(68)63(13)45(33(5)6)50(70)60-40(30-38-23-25-39(78-17)26-24-38)57(77)79-37(11)52(72)67-29-21-20-22-42(67)54(74)64(14)46(34(7)8)51(71)61-44(32(3)4)55(75)62(12)41(27-28-58)53(73)66(16)48(36(10)19-2)56(76)65(47)15/h23-26,32-37,40-42,44-48H,18-22,27-31H2,1-17H3,(H,59,69)(H,60,70)(H,61,71)/t35?,36?,37-,40+,41+,42+,44+,45+,46+,47+,48+/m1/s1. The van der Waals surface area contributed by atoms with Crippen molar-refractivity contribution in [2.75, 3.05) is 61.3 Å². The number of piperidine rings is 1. The minimum absolute atomic E-state index is 0.0206. The van der Waals surface area contributed by atoms with E-state index in [9.17, 15) is 47.9 Å². The van der Waals surface area contributed by atoms with E-state index in [2.05, 4.69) is 16.0 Å². The minimum Gasteiger partial charge on any atom is -0.497 e. The van der Waals surface area contributed by atoms with Crippen LogP contribution in [0.3, 0.4) is 0 Å². The number of hydrogen-bond donors (Lipinski definition) is 3. The molecule has 0 bridgehead atoms. The zero-order valence-electron chi connectivity index (χ0n) is 49.9. The molecular formula is C57H92ClN9O12.